The number of nitrogens with two attached hydrogens (primary N) is 1. The van der Waals surface area contributed by atoms with Crippen LogP contribution in [0.25, 0.3) is 0 Å². The first kappa shape index (κ1) is 24.5. The summed E-state index contributed by atoms with van der Waals surface area (Å²) in [6, 6.07) is 3.03. The summed E-state index contributed by atoms with van der Waals surface area (Å²) >= 11 is 1.71. The molecule has 12 heteroatoms. The molecule has 1 atom stereocenters. The number of carboxylic acids is 1. The average molecular weight is 424 g/mol. The number of amidine groups is 1. The first-order valence-electron chi connectivity index (χ1n) is 8.84. The number of thioether (sulfide) groups is 1. The van der Waals surface area contributed by atoms with Gasteiger partial charge >= 0.3 is 12.1 Å². The largest absolute Gasteiger partial charge is 0.490 e. The molecule has 8 nitrogen and oxygen atoms in total. The highest BCUT2D eigenvalue weighted by Gasteiger charge is 2.38. The number of halogens is 3. The number of aliphatic carboxylic acids is 1. The van der Waals surface area contributed by atoms with Gasteiger partial charge in [-0.15, -0.1) is 11.8 Å². The molecular weight excluding hydrogens is 397 g/mol. The molecule has 0 aliphatic carbocycles. The maximum absolute atomic E-state index is 10.6. The molecule has 0 saturated carbocycles. The van der Waals surface area contributed by atoms with Gasteiger partial charge in [-0.1, -0.05) is 0 Å². The van der Waals surface area contributed by atoms with Gasteiger partial charge in [0.05, 0.1) is 18.5 Å². The molecule has 0 radical (unpaired) electrons. The maximum atomic E-state index is 10.6. The molecule has 1 unspecified atom stereocenters. The van der Waals surface area contributed by atoms with Crippen molar-refractivity contribution in [3.8, 4) is 6.07 Å². The molecule has 2 rings (SSSR count). The minimum absolute atomic E-state index is 0.168. The lowest BCUT2D eigenvalue weighted by atomic mass is 10.0. The van der Waals surface area contributed by atoms with E-state index in [0.29, 0.717) is 24.5 Å². The summed E-state index contributed by atoms with van der Waals surface area (Å²) in [4.78, 5) is 13.2. The lowest BCUT2D eigenvalue weighted by Gasteiger charge is -2.38. The van der Waals surface area contributed by atoms with Crippen molar-refractivity contribution in [2.45, 2.75) is 51.0 Å². The molecule has 0 aromatic rings. The highest BCUT2D eigenvalue weighted by molar-refractivity contribution is 7.99. The molecule has 2 aliphatic heterocycles. The zero-order valence-corrected chi connectivity index (χ0v) is 16.8. The second-order valence-corrected chi connectivity index (χ2v) is 7.90. The Balaban J connectivity index is 0.000000480. The number of nitrogens with one attached hydrogen (secondary N) is 1. The van der Waals surface area contributed by atoms with E-state index in [-0.39, 0.29) is 6.04 Å². The van der Waals surface area contributed by atoms with Crippen molar-refractivity contribution in [2.75, 3.05) is 31.3 Å². The Hall–Kier alpha value is -1.55. The highest BCUT2D eigenvalue weighted by Crippen LogP contribution is 2.21. The summed E-state index contributed by atoms with van der Waals surface area (Å²) in [5.41, 5.74) is 0. The Morgan fingerprint density at radius 2 is 1.96 bits per heavy atom. The van der Waals surface area contributed by atoms with Gasteiger partial charge < -0.3 is 14.9 Å². The van der Waals surface area contributed by atoms with Gasteiger partial charge in [0, 0.05) is 17.8 Å². The second kappa shape index (κ2) is 10.8. The van der Waals surface area contributed by atoms with Crippen LogP contribution in [0.3, 0.4) is 0 Å². The summed E-state index contributed by atoms with van der Waals surface area (Å²) in [7, 11) is 0. The number of piperidine rings is 1. The van der Waals surface area contributed by atoms with Crippen molar-refractivity contribution in [1.29, 1.82) is 10.7 Å². The molecule has 28 heavy (non-hydrogen) atoms. The predicted octanol–water partition coefficient (Wildman–Crippen LogP) is 1.54. The molecule has 160 valence electrons. The van der Waals surface area contributed by atoms with Gasteiger partial charge in [0.15, 0.2) is 0 Å². The molecule has 0 aromatic heterocycles. The minimum Gasteiger partial charge on any atom is -0.475 e. The fraction of sp³-hybridized carbons (Fsp3) is 0.812. The van der Waals surface area contributed by atoms with E-state index in [9.17, 15) is 13.2 Å². The van der Waals surface area contributed by atoms with Crippen molar-refractivity contribution in [3.05, 3.63) is 0 Å². The number of nitrogens with zero attached hydrogens (tertiary/aromatic N) is 4. The first-order chi connectivity index (χ1) is 13.0. The van der Waals surface area contributed by atoms with Crippen LogP contribution in [0.1, 0.15) is 26.7 Å². The zero-order chi connectivity index (χ0) is 21.5. The van der Waals surface area contributed by atoms with Crippen molar-refractivity contribution in [1.82, 2.24) is 14.8 Å². The zero-order valence-electron chi connectivity index (χ0n) is 15.9. The van der Waals surface area contributed by atoms with Crippen LogP contribution in [-0.2, 0) is 4.79 Å². The topological polar surface area (TPSA) is 121 Å². The van der Waals surface area contributed by atoms with Crippen molar-refractivity contribution in [3.63, 3.8) is 0 Å². The van der Waals surface area contributed by atoms with E-state index in [1.165, 1.54) is 0 Å². The van der Waals surface area contributed by atoms with Crippen LogP contribution in [0, 0.1) is 16.7 Å². The second-order valence-electron chi connectivity index (χ2n) is 6.90. The standard InChI is InChI=1S/C14H26N6S.C2HF3O2/c1-11(2)18-5-3-12(4-6-18)20(17)8-14(16)19-10-21-9-13(19)7-15;3-2(4,5)1(6)7/h11-13,16H,3-6,8-10,17H2,1-2H3;(H,6,7). The van der Waals surface area contributed by atoms with Crippen LogP contribution >= 0.6 is 11.8 Å². The van der Waals surface area contributed by atoms with Gasteiger partial charge in [0.1, 0.15) is 11.9 Å². The van der Waals surface area contributed by atoms with Crippen LogP contribution in [0.5, 0.6) is 0 Å². The Morgan fingerprint density at radius 3 is 2.39 bits per heavy atom. The van der Waals surface area contributed by atoms with E-state index in [0.717, 1.165) is 37.6 Å². The Morgan fingerprint density at radius 1 is 1.43 bits per heavy atom. The molecule has 0 bridgehead atoms. The van der Waals surface area contributed by atoms with Gasteiger partial charge in [-0.2, -0.15) is 18.4 Å². The smallest absolute Gasteiger partial charge is 0.475 e. The van der Waals surface area contributed by atoms with E-state index in [1.807, 2.05) is 4.90 Å². The van der Waals surface area contributed by atoms with Crippen LogP contribution in [0.2, 0.25) is 0 Å². The Bertz CT molecular complexity index is 576. The number of alkyl halides is 3. The number of hydrazine groups is 1. The number of carbonyl (C=O) groups is 1. The van der Waals surface area contributed by atoms with Crippen LogP contribution in [0.15, 0.2) is 0 Å². The van der Waals surface area contributed by atoms with Crippen molar-refractivity contribution in [2.24, 2.45) is 5.84 Å². The number of carboxylic acid groups (broad SMARTS) is 1. The van der Waals surface area contributed by atoms with E-state index in [1.54, 1.807) is 16.8 Å². The molecule has 4 N–H and O–H groups in total. The fourth-order valence-electron chi connectivity index (χ4n) is 2.94. The van der Waals surface area contributed by atoms with Crippen LogP contribution < -0.4 is 5.84 Å². The third-order valence-corrected chi connectivity index (χ3v) is 5.66. The summed E-state index contributed by atoms with van der Waals surface area (Å²) in [5, 5.41) is 26.2. The molecule has 2 saturated heterocycles. The van der Waals surface area contributed by atoms with E-state index >= 15 is 0 Å². The van der Waals surface area contributed by atoms with E-state index in [2.05, 4.69) is 24.8 Å². The van der Waals surface area contributed by atoms with Crippen LogP contribution in [-0.4, -0.2) is 87.3 Å². The summed E-state index contributed by atoms with van der Waals surface area (Å²) in [5.74, 6) is 5.42. The summed E-state index contributed by atoms with van der Waals surface area (Å²) in [6.45, 7) is 7.03. The number of nitriles is 1. The molecular formula is C16H27F3N6O2S. The average Bonchev–Trinajstić information content (AvgIpc) is 3.10. The first-order valence-corrected chi connectivity index (χ1v) is 9.99. The number of likely N-dealkylation sites (tertiary alicyclic amines) is 1. The van der Waals surface area contributed by atoms with Crippen LogP contribution in [0.4, 0.5) is 13.2 Å². The fourth-order valence-corrected chi connectivity index (χ4v) is 4.06. The molecule has 2 fully saturated rings. The monoisotopic (exact) mass is 424 g/mol. The molecule has 2 heterocycles. The Labute approximate surface area is 166 Å². The van der Waals surface area contributed by atoms with Gasteiger partial charge in [-0.05, 0) is 39.8 Å². The number of hydrogen-bond acceptors (Lipinski definition) is 7. The molecule has 0 aromatic carbocycles. The third kappa shape index (κ3) is 7.46. The highest BCUT2D eigenvalue weighted by atomic mass is 32.2. The van der Waals surface area contributed by atoms with E-state index in [4.69, 9.17) is 26.4 Å². The minimum atomic E-state index is -5.08. The maximum Gasteiger partial charge on any atom is 0.490 e. The summed E-state index contributed by atoms with van der Waals surface area (Å²) < 4.78 is 31.7. The van der Waals surface area contributed by atoms with Gasteiger partial charge in [0.25, 0.3) is 0 Å². The summed E-state index contributed by atoms with van der Waals surface area (Å²) in [6.07, 6.45) is -2.98. The van der Waals surface area contributed by atoms with Gasteiger partial charge in [0.2, 0.25) is 0 Å². The normalized spacial score (nSPS) is 21.4. The SMILES string of the molecule is CC(C)N1CCC(N(N)CC(=N)N2CSCC2C#N)CC1.O=C(O)C(F)(F)F. The third-order valence-electron chi connectivity index (χ3n) is 4.65. The van der Waals surface area contributed by atoms with Gasteiger partial charge in [-0.25, -0.2) is 9.80 Å². The van der Waals surface area contributed by atoms with E-state index < -0.39 is 12.1 Å². The number of rotatable bonds is 4. The predicted molar refractivity (Wildman–Crippen MR) is 101 cm³/mol. The lowest BCUT2D eigenvalue weighted by Crippen LogP contribution is -2.53. The quantitative estimate of drug-likeness (QED) is 0.269. The number of hydrogen-bond donors (Lipinski definition) is 3. The van der Waals surface area contributed by atoms with Crippen molar-refractivity contribution >= 4 is 23.6 Å². The molecule has 0 amide bonds. The molecule has 0 spiro atoms. The lowest BCUT2D eigenvalue weighted by molar-refractivity contribution is -0.192. The van der Waals surface area contributed by atoms with Gasteiger partial charge in [-0.3, -0.25) is 11.3 Å². The Kier molecular flexibility index (Phi) is 9.49. The van der Waals surface area contributed by atoms with Crippen molar-refractivity contribution < 1.29 is 23.1 Å². The molecule has 2 aliphatic rings.